The molecule has 0 N–H and O–H groups in total. The number of rotatable bonds is 4. The Morgan fingerprint density at radius 3 is 2.52 bits per heavy atom. The van der Waals surface area contributed by atoms with Crippen LogP contribution < -0.4 is 4.74 Å². The number of nitrogens with zero attached hydrogens (tertiary/aromatic N) is 1. The van der Waals surface area contributed by atoms with Crippen molar-refractivity contribution in [2.75, 3.05) is 13.7 Å². The van der Waals surface area contributed by atoms with Crippen molar-refractivity contribution in [2.24, 2.45) is 0 Å². The summed E-state index contributed by atoms with van der Waals surface area (Å²) in [5, 5.41) is 0. The zero-order valence-corrected chi connectivity index (χ0v) is 17.2. The molecular weight excluding hydrogens is 354 g/mol. The highest BCUT2D eigenvalue weighted by atomic mass is 16.5. The van der Waals surface area contributed by atoms with E-state index in [0.29, 0.717) is 12.0 Å². The predicted molar refractivity (Wildman–Crippen MR) is 119 cm³/mol. The first-order valence-corrected chi connectivity index (χ1v) is 10.4. The number of likely N-dealkylation sites (tertiary alicyclic amines) is 1. The summed E-state index contributed by atoms with van der Waals surface area (Å²) in [5.74, 6) is 1.42. The van der Waals surface area contributed by atoms with Gasteiger partial charge in [-0.2, -0.15) is 0 Å². The van der Waals surface area contributed by atoms with Crippen LogP contribution in [-0.4, -0.2) is 18.6 Å². The lowest BCUT2D eigenvalue weighted by molar-refractivity contribution is 0.177. The minimum atomic E-state index is 0.465. The molecule has 0 spiro atoms. The molecule has 0 aromatic heterocycles. The summed E-state index contributed by atoms with van der Waals surface area (Å²) in [6.07, 6.45) is 1.15. The Morgan fingerprint density at radius 1 is 0.966 bits per heavy atom. The molecule has 5 rings (SSSR count). The lowest BCUT2D eigenvalue weighted by Crippen LogP contribution is -2.32. The SMILES string of the molecule is C=C1CN(Cc2ccc(OC)cc2)C2CC1c1ccc(-c3cccc(C)c3)cc12. The molecule has 0 amide bonds. The minimum Gasteiger partial charge on any atom is -0.497 e. The van der Waals surface area contributed by atoms with Crippen LogP contribution in [0.15, 0.2) is 78.9 Å². The molecule has 146 valence electrons. The summed E-state index contributed by atoms with van der Waals surface area (Å²) in [6.45, 7) is 8.51. The maximum absolute atomic E-state index is 5.31. The van der Waals surface area contributed by atoms with Crippen LogP contribution in [0.2, 0.25) is 0 Å². The highest BCUT2D eigenvalue weighted by Gasteiger charge is 2.40. The first kappa shape index (κ1) is 18.2. The van der Waals surface area contributed by atoms with Gasteiger partial charge in [0.05, 0.1) is 7.11 Å². The highest BCUT2D eigenvalue weighted by molar-refractivity contribution is 5.67. The fourth-order valence-corrected chi connectivity index (χ4v) is 5.01. The quantitative estimate of drug-likeness (QED) is 0.494. The maximum Gasteiger partial charge on any atom is 0.118 e. The molecule has 2 bridgehead atoms. The molecule has 0 saturated carbocycles. The fraction of sp³-hybridized carbons (Fsp3) is 0.259. The Hall–Kier alpha value is -2.84. The minimum absolute atomic E-state index is 0.465. The number of methoxy groups -OCH3 is 1. The van der Waals surface area contributed by atoms with Gasteiger partial charge in [0.2, 0.25) is 0 Å². The third kappa shape index (κ3) is 3.28. The Bertz CT molecular complexity index is 1070. The monoisotopic (exact) mass is 381 g/mol. The van der Waals surface area contributed by atoms with Crippen LogP contribution in [0.5, 0.6) is 5.75 Å². The Kier molecular flexibility index (Phi) is 4.52. The molecule has 1 heterocycles. The van der Waals surface area contributed by atoms with E-state index >= 15 is 0 Å². The molecule has 2 heteroatoms. The lowest BCUT2D eigenvalue weighted by Gasteiger charge is -2.35. The third-order valence-electron chi connectivity index (χ3n) is 6.52. The van der Waals surface area contributed by atoms with Gasteiger partial charge in [-0.15, -0.1) is 0 Å². The van der Waals surface area contributed by atoms with Crippen molar-refractivity contribution in [3.05, 3.63) is 101 Å². The summed E-state index contributed by atoms with van der Waals surface area (Å²) in [6, 6.07) is 24.8. The molecule has 3 aromatic carbocycles. The number of piperidine rings is 1. The molecule has 2 unspecified atom stereocenters. The van der Waals surface area contributed by atoms with Gasteiger partial charge in [-0.3, -0.25) is 4.90 Å². The lowest BCUT2D eigenvalue weighted by atomic mass is 9.90. The van der Waals surface area contributed by atoms with Gasteiger partial charge in [-0.1, -0.05) is 66.2 Å². The topological polar surface area (TPSA) is 12.5 Å². The van der Waals surface area contributed by atoms with Gasteiger partial charge >= 0.3 is 0 Å². The van der Waals surface area contributed by atoms with E-state index in [1.165, 1.54) is 39.0 Å². The van der Waals surface area contributed by atoms with Gasteiger partial charge in [0.15, 0.2) is 0 Å². The van der Waals surface area contributed by atoms with Crippen molar-refractivity contribution in [2.45, 2.75) is 31.8 Å². The normalized spacial score (nSPS) is 20.6. The van der Waals surface area contributed by atoms with Gasteiger partial charge in [-0.25, -0.2) is 0 Å². The van der Waals surface area contributed by atoms with Crippen LogP contribution in [0.25, 0.3) is 11.1 Å². The van der Waals surface area contributed by atoms with Crippen LogP contribution in [0, 0.1) is 6.92 Å². The van der Waals surface area contributed by atoms with E-state index in [1.807, 2.05) is 0 Å². The van der Waals surface area contributed by atoms with Crippen molar-refractivity contribution in [3.63, 3.8) is 0 Å². The van der Waals surface area contributed by atoms with Crippen LogP contribution >= 0.6 is 0 Å². The van der Waals surface area contributed by atoms with E-state index in [2.05, 4.69) is 85.1 Å². The number of aryl methyl sites for hydroxylation is 1. The molecule has 2 atom stereocenters. The van der Waals surface area contributed by atoms with Gasteiger partial charge in [0.1, 0.15) is 5.75 Å². The van der Waals surface area contributed by atoms with E-state index in [1.54, 1.807) is 7.11 Å². The predicted octanol–water partition coefficient (Wildman–Crippen LogP) is 6.27. The Labute approximate surface area is 173 Å². The largest absolute Gasteiger partial charge is 0.497 e. The zero-order chi connectivity index (χ0) is 20.0. The first-order chi connectivity index (χ1) is 14.1. The van der Waals surface area contributed by atoms with Gasteiger partial charge in [0, 0.05) is 25.0 Å². The Morgan fingerprint density at radius 2 is 1.76 bits per heavy atom. The first-order valence-electron chi connectivity index (χ1n) is 10.4. The van der Waals surface area contributed by atoms with Crippen molar-refractivity contribution < 1.29 is 4.74 Å². The average Bonchev–Trinajstić information content (AvgIpc) is 3.08. The number of hydrogen-bond acceptors (Lipinski definition) is 2. The molecule has 1 saturated heterocycles. The molecule has 3 aromatic rings. The van der Waals surface area contributed by atoms with Crippen molar-refractivity contribution in [1.82, 2.24) is 4.90 Å². The van der Waals surface area contributed by atoms with Gasteiger partial charge < -0.3 is 4.74 Å². The molecule has 1 fully saturated rings. The summed E-state index contributed by atoms with van der Waals surface area (Å²) < 4.78 is 5.31. The van der Waals surface area contributed by atoms with Gasteiger partial charge in [0.25, 0.3) is 0 Å². The van der Waals surface area contributed by atoms with E-state index in [4.69, 9.17) is 4.74 Å². The van der Waals surface area contributed by atoms with E-state index in [9.17, 15) is 0 Å². The van der Waals surface area contributed by atoms with Crippen molar-refractivity contribution in [1.29, 1.82) is 0 Å². The van der Waals surface area contributed by atoms with Crippen molar-refractivity contribution >= 4 is 0 Å². The molecule has 1 aliphatic heterocycles. The molecule has 2 aliphatic rings. The van der Waals surface area contributed by atoms with Crippen LogP contribution in [0.4, 0.5) is 0 Å². The number of ether oxygens (including phenoxy) is 1. The highest BCUT2D eigenvalue weighted by Crippen LogP contribution is 2.51. The molecular formula is C27H27NO. The smallest absolute Gasteiger partial charge is 0.118 e. The molecule has 1 aliphatic carbocycles. The summed E-state index contributed by atoms with van der Waals surface area (Å²) in [5.41, 5.74) is 9.55. The van der Waals surface area contributed by atoms with E-state index < -0.39 is 0 Å². The molecule has 0 radical (unpaired) electrons. The fourth-order valence-electron chi connectivity index (χ4n) is 5.01. The number of benzene rings is 3. The zero-order valence-electron chi connectivity index (χ0n) is 17.2. The number of hydrogen-bond donors (Lipinski definition) is 0. The standard InChI is InChI=1S/C27H27NO/c1-18-5-4-6-21(13-18)22-9-12-24-25-15-27(26(24)14-22)28(16-19(25)2)17-20-7-10-23(29-3)11-8-20/h4-14,25,27H,2,15-17H2,1,3H3. The molecule has 2 nitrogen and oxygen atoms in total. The maximum atomic E-state index is 5.31. The van der Waals surface area contributed by atoms with E-state index in [0.717, 1.165) is 25.3 Å². The molecule has 29 heavy (non-hydrogen) atoms. The third-order valence-corrected chi connectivity index (χ3v) is 6.52. The second kappa shape index (κ2) is 7.20. The van der Waals surface area contributed by atoms with E-state index in [-0.39, 0.29) is 0 Å². The van der Waals surface area contributed by atoms with Crippen LogP contribution in [0.3, 0.4) is 0 Å². The Balaban J connectivity index is 1.48. The van der Waals surface area contributed by atoms with Crippen LogP contribution in [-0.2, 0) is 6.54 Å². The second-order valence-corrected chi connectivity index (χ2v) is 8.43. The summed E-state index contributed by atoms with van der Waals surface area (Å²) in [4.78, 5) is 2.59. The van der Waals surface area contributed by atoms with Crippen LogP contribution in [0.1, 0.15) is 40.6 Å². The number of fused-ring (bicyclic) bond motifs is 5. The summed E-state index contributed by atoms with van der Waals surface area (Å²) in [7, 11) is 1.71. The summed E-state index contributed by atoms with van der Waals surface area (Å²) >= 11 is 0. The average molecular weight is 382 g/mol. The van der Waals surface area contributed by atoms with Crippen molar-refractivity contribution in [3.8, 4) is 16.9 Å². The second-order valence-electron chi connectivity index (χ2n) is 8.43. The van der Waals surface area contributed by atoms with Gasteiger partial charge in [-0.05, 0) is 59.4 Å².